The van der Waals surface area contributed by atoms with Gasteiger partial charge in [0.2, 0.25) is 5.91 Å². The number of carbonyl (C=O) groups is 3. The third-order valence-corrected chi connectivity index (χ3v) is 6.21. The van der Waals surface area contributed by atoms with Gasteiger partial charge in [-0.25, -0.2) is 4.79 Å². The number of thioether (sulfide) groups is 1. The molecule has 0 aliphatic heterocycles. The third-order valence-electron chi connectivity index (χ3n) is 5.24. The van der Waals surface area contributed by atoms with Gasteiger partial charge >= 0.3 is 5.97 Å². The highest BCUT2D eigenvalue weighted by Crippen LogP contribution is 2.22. The highest BCUT2D eigenvalue weighted by Gasteiger charge is 2.21. The van der Waals surface area contributed by atoms with Crippen molar-refractivity contribution in [1.29, 1.82) is 0 Å². The summed E-state index contributed by atoms with van der Waals surface area (Å²) in [6.07, 6.45) is 1.47. The maximum Gasteiger partial charge on any atom is 0.338 e. The minimum absolute atomic E-state index is 0.0693. The molecule has 0 fully saturated rings. The first-order valence-corrected chi connectivity index (χ1v) is 12.8. The normalized spacial score (nSPS) is 11.6. The average Bonchev–Trinajstić information content (AvgIpc) is 3.25. The Balaban J connectivity index is 1.65. The summed E-state index contributed by atoms with van der Waals surface area (Å²) in [6, 6.07) is 13.5. The molecule has 3 rings (SSSR count). The molecule has 2 amide bonds. The zero-order valence-electron chi connectivity index (χ0n) is 21.4. The maximum atomic E-state index is 12.8. The van der Waals surface area contributed by atoms with Gasteiger partial charge in [-0.2, -0.15) is 0 Å². The summed E-state index contributed by atoms with van der Waals surface area (Å²) < 4.78 is 7.02. The van der Waals surface area contributed by atoms with E-state index in [1.54, 1.807) is 50.3 Å². The third kappa shape index (κ3) is 7.53. The molecule has 9 nitrogen and oxygen atoms in total. The van der Waals surface area contributed by atoms with Gasteiger partial charge in [-0.3, -0.25) is 9.59 Å². The van der Waals surface area contributed by atoms with Crippen LogP contribution < -0.4 is 10.6 Å². The fraction of sp³-hybridized carbons (Fsp3) is 0.296. The number of allylic oxidation sites excluding steroid dienone is 1. The molecule has 1 heterocycles. The van der Waals surface area contributed by atoms with Crippen LogP contribution in [0.5, 0.6) is 0 Å². The number of benzene rings is 2. The zero-order valence-corrected chi connectivity index (χ0v) is 22.2. The molecule has 0 aliphatic rings. The molecule has 0 saturated carbocycles. The predicted octanol–water partition coefficient (Wildman–Crippen LogP) is 4.56. The molecule has 1 atom stereocenters. The summed E-state index contributed by atoms with van der Waals surface area (Å²) >= 11 is 1.21. The molecule has 2 N–H and O–H groups in total. The van der Waals surface area contributed by atoms with Crippen LogP contribution in [-0.4, -0.2) is 44.4 Å². The van der Waals surface area contributed by atoms with Crippen molar-refractivity contribution in [3.63, 3.8) is 0 Å². The molecule has 0 spiro atoms. The molecule has 1 aromatic heterocycles. The number of esters is 1. The van der Waals surface area contributed by atoms with Crippen molar-refractivity contribution >= 4 is 35.2 Å². The van der Waals surface area contributed by atoms with E-state index in [1.807, 2.05) is 36.6 Å². The maximum absolute atomic E-state index is 12.8. The zero-order chi connectivity index (χ0) is 26.9. The number of carbonyl (C=O) groups excluding carboxylic acids is 3. The Morgan fingerprint density at radius 1 is 1.11 bits per heavy atom. The number of nitrogens with one attached hydrogen (secondary N) is 2. The highest BCUT2D eigenvalue weighted by atomic mass is 32.2. The summed E-state index contributed by atoms with van der Waals surface area (Å²) in [5, 5.41) is 14.8. The van der Waals surface area contributed by atoms with E-state index < -0.39 is 12.0 Å². The Bertz CT molecular complexity index is 1290. The predicted molar refractivity (Wildman–Crippen MR) is 144 cm³/mol. The molecule has 2 aromatic carbocycles. The molecule has 0 saturated heterocycles. The van der Waals surface area contributed by atoms with Gasteiger partial charge < -0.3 is 19.9 Å². The summed E-state index contributed by atoms with van der Waals surface area (Å²) in [6.45, 7) is 11.5. The number of hydrogen-bond acceptors (Lipinski definition) is 7. The largest absolute Gasteiger partial charge is 0.459 e. The van der Waals surface area contributed by atoms with Crippen LogP contribution in [0.25, 0.3) is 0 Å². The van der Waals surface area contributed by atoms with Gasteiger partial charge in [-0.1, -0.05) is 42.1 Å². The van der Waals surface area contributed by atoms with Crippen molar-refractivity contribution in [3.8, 4) is 0 Å². The Kier molecular flexibility index (Phi) is 9.62. The number of hydrogen-bond donors (Lipinski definition) is 2. The minimum atomic E-state index is -0.450. The van der Waals surface area contributed by atoms with Crippen LogP contribution in [0, 0.1) is 6.92 Å². The van der Waals surface area contributed by atoms with Crippen LogP contribution in [-0.2, 0) is 16.1 Å². The van der Waals surface area contributed by atoms with Crippen molar-refractivity contribution in [2.45, 2.75) is 51.5 Å². The molecule has 37 heavy (non-hydrogen) atoms. The van der Waals surface area contributed by atoms with Gasteiger partial charge in [0.15, 0.2) is 11.0 Å². The molecular weight excluding hydrogens is 490 g/mol. The number of anilines is 1. The smallest absolute Gasteiger partial charge is 0.338 e. The SMILES string of the molecule is C=CCn1c(SCC(=O)Nc2cccc(C(=O)OC(C)C)c2)nnc1[C@H](C)NC(=O)c1ccccc1C. The monoisotopic (exact) mass is 521 g/mol. The van der Waals surface area contributed by atoms with Crippen LogP contribution in [0.15, 0.2) is 66.3 Å². The molecule has 0 radical (unpaired) electrons. The minimum Gasteiger partial charge on any atom is -0.459 e. The number of rotatable bonds is 11. The lowest BCUT2D eigenvalue weighted by atomic mass is 10.1. The van der Waals surface area contributed by atoms with E-state index in [2.05, 4.69) is 27.4 Å². The molecule has 3 aromatic rings. The number of ether oxygens (including phenoxy) is 1. The molecule has 0 bridgehead atoms. The fourth-order valence-corrected chi connectivity index (χ4v) is 4.28. The lowest BCUT2D eigenvalue weighted by molar-refractivity contribution is -0.113. The van der Waals surface area contributed by atoms with E-state index in [9.17, 15) is 14.4 Å². The van der Waals surface area contributed by atoms with Crippen LogP contribution in [0.3, 0.4) is 0 Å². The summed E-state index contributed by atoms with van der Waals surface area (Å²) in [5.41, 5.74) is 2.32. The summed E-state index contributed by atoms with van der Waals surface area (Å²) in [7, 11) is 0. The van der Waals surface area contributed by atoms with Gasteiger partial charge in [0, 0.05) is 17.8 Å². The van der Waals surface area contributed by atoms with Crippen molar-refractivity contribution in [2.75, 3.05) is 11.1 Å². The molecule has 0 aliphatic carbocycles. The van der Waals surface area contributed by atoms with E-state index >= 15 is 0 Å². The lowest BCUT2D eigenvalue weighted by Gasteiger charge is -2.16. The topological polar surface area (TPSA) is 115 Å². The van der Waals surface area contributed by atoms with E-state index in [0.717, 1.165) is 5.56 Å². The number of aryl methyl sites for hydroxylation is 1. The van der Waals surface area contributed by atoms with Gasteiger partial charge in [0.1, 0.15) is 0 Å². The van der Waals surface area contributed by atoms with Crippen molar-refractivity contribution in [2.24, 2.45) is 0 Å². The van der Waals surface area contributed by atoms with Crippen LogP contribution in [0.2, 0.25) is 0 Å². The Morgan fingerprint density at radius 3 is 2.57 bits per heavy atom. The first-order valence-electron chi connectivity index (χ1n) is 11.8. The second-order valence-corrected chi connectivity index (χ2v) is 9.56. The standard InChI is InChI=1S/C27H31N5O4S/c1-6-14-32-24(19(5)28-25(34)22-13-8-7-10-18(22)4)30-31-27(32)37-16-23(33)29-21-12-9-11-20(15-21)26(35)36-17(2)3/h6-13,15,17,19H,1,14,16H2,2-5H3,(H,28,34)(H,29,33)/t19-/m0/s1. The van der Waals surface area contributed by atoms with Crippen molar-refractivity contribution < 1.29 is 19.1 Å². The molecule has 10 heteroatoms. The van der Waals surface area contributed by atoms with Gasteiger partial charge in [0.25, 0.3) is 5.91 Å². The van der Waals surface area contributed by atoms with Gasteiger partial charge in [-0.15, -0.1) is 16.8 Å². The fourth-order valence-electron chi connectivity index (χ4n) is 3.53. The van der Waals surface area contributed by atoms with E-state index in [-0.39, 0.29) is 23.7 Å². The van der Waals surface area contributed by atoms with Gasteiger partial charge in [0.05, 0.1) is 23.5 Å². The number of nitrogens with zero attached hydrogens (tertiary/aromatic N) is 3. The van der Waals surface area contributed by atoms with Gasteiger partial charge in [-0.05, 0) is 57.5 Å². The lowest BCUT2D eigenvalue weighted by Crippen LogP contribution is -2.29. The van der Waals surface area contributed by atoms with Crippen LogP contribution >= 0.6 is 11.8 Å². The Morgan fingerprint density at radius 2 is 1.86 bits per heavy atom. The Labute approximate surface area is 220 Å². The van der Waals surface area contributed by atoms with Crippen molar-refractivity contribution in [3.05, 3.63) is 83.7 Å². The van der Waals surface area contributed by atoms with Crippen LogP contribution in [0.4, 0.5) is 5.69 Å². The second kappa shape index (κ2) is 12.9. The van der Waals surface area contributed by atoms with E-state index in [0.29, 0.717) is 34.3 Å². The molecule has 194 valence electrons. The van der Waals surface area contributed by atoms with Crippen molar-refractivity contribution in [1.82, 2.24) is 20.1 Å². The molecule has 0 unspecified atom stereocenters. The second-order valence-electron chi connectivity index (χ2n) is 8.62. The van der Waals surface area contributed by atoms with E-state index in [1.165, 1.54) is 11.8 Å². The molecular formula is C27H31N5O4S. The highest BCUT2D eigenvalue weighted by molar-refractivity contribution is 7.99. The quantitative estimate of drug-likeness (QED) is 0.216. The summed E-state index contributed by atoms with van der Waals surface area (Å²) in [4.78, 5) is 37.5. The average molecular weight is 522 g/mol. The number of amides is 2. The Hall–Kier alpha value is -3.92. The number of aromatic nitrogens is 3. The van der Waals surface area contributed by atoms with E-state index in [4.69, 9.17) is 4.74 Å². The summed E-state index contributed by atoms with van der Waals surface area (Å²) in [5.74, 6) is -0.294. The van der Waals surface area contributed by atoms with Crippen LogP contribution in [0.1, 0.15) is 58.9 Å². The first kappa shape index (κ1) is 27.7. The first-order chi connectivity index (χ1) is 17.7.